The Hall–Kier alpha value is -3.26. The highest BCUT2D eigenvalue weighted by atomic mass is 16.7. The van der Waals surface area contributed by atoms with Gasteiger partial charge in [-0.3, -0.25) is 4.90 Å². The number of anilines is 1. The van der Waals surface area contributed by atoms with E-state index < -0.39 is 6.16 Å². The van der Waals surface area contributed by atoms with Gasteiger partial charge < -0.3 is 24.3 Å². The van der Waals surface area contributed by atoms with Crippen molar-refractivity contribution in [3.05, 3.63) is 47.5 Å². The second-order valence-corrected chi connectivity index (χ2v) is 7.74. The number of aryl methyl sites for hydroxylation is 1. The van der Waals surface area contributed by atoms with E-state index in [9.17, 15) is 4.79 Å². The first kappa shape index (κ1) is 21.0. The van der Waals surface area contributed by atoms with Gasteiger partial charge in [-0.2, -0.15) is 4.98 Å². The van der Waals surface area contributed by atoms with Crippen LogP contribution in [0.5, 0.6) is 11.5 Å². The Labute approximate surface area is 180 Å². The zero-order valence-corrected chi connectivity index (χ0v) is 17.8. The molecule has 164 valence electrons. The molecule has 0 spiro atoms. The Morgan fingerprint density at radius 2 is 2.06 bits per heavy atom. The lowest BCUT2D eigenvalue weighted by atomic mass is 10.0. The lowest BCUT2D eigenvalue weighted by Gasteiger charge is -2.32. The molecule has 4 rings (SSSR count). The number of likely N-dealkylation sites (tertiary alicyclic amines) is 1. The molecule has 8 nitrogen and oxygen atoms in total. The number of fused-ring (bicyclic) bond motifs is 1. The average Bonchev–Trinajstić information content (AvgIpc) is 3.13. The van der Waals surface area contributed by atoms with E-state index >= 15 is 0 Å². The van der Waals surface area contributed by atoms with E-state index in [0.29, 0.717) is 23.7 Å². The topological polar surface area (TPSA) is 97.1 Å². The molecule has 2 N–H and O–H groups in total. The van der Waals surface area contributed by atoms with Gasteiger partial charge in [0.15, 0.2) is 5.58 Å². The lowest BCUT2D eigenvalue weighted by Crippen LogP contribution is -2.38. The summed E-state index contributed by atoms with van der Waals surface area (Å²) in [6, 6.07) is 11.9. The molecule has 0 bridgehead atoms. The lowest BCUT2D eigenvalue weighted by molar-refractivity contribution is 0.144. The van der Waals surface area contributed by atoms with E-state index in [-0.39, 0.29) is 11.8 Å². The highest BCUT2D eigenvalue weighted by Crippen LogP contribution is 2.26. The third-order valence-corrected chi connectivity index (χ3v) is 5.44. The van der Waals surface area contributed by atoms with Crippen LogP contribution in [0.15, 0.2) is 40.8 Å². The number of hydrogen-bond acceptors (Lipinski definition) is 7. The maximum Gasteiger partial charge on any atom is 0.511 e. The van der Waals surface area contributed by atoms with Crippen LogP contribution in [-0.2, 0) is 6.54 Å². The van der Waals surface area contributed by atoms with E-state index in [0.717, 1.165) is 43.8 Å². The van der Waals surface area contributed by atoms with E-state index in [1.165, 1.54) is 11.6 Å². The van der Waals surface area contributed by atoms with Gasteiger partial charge in [-0.05, 0) is 56.0 Å². The number of oxazole rings is 1. The van der Waals surface area contributed by atoms with E-state index in [1.54, 1.807) is 12.1 Å². The molecule has 1 aliphatic rings. The van der Waals surface area contributed by atoms with Crippen LogP contribution in [0, 0.1) is 6.92 Å². The van der Waals surface area contributed by atoms with Crippen molar-refractivity contribution in [2.75, 3.05) is 25.0 Å². The van der Waals surface area contributed by atoms with Gasteiger partial charge in [0.2, 0.25) is 0 Å². The molecule has 3 aromatic rings. The highest BCUT2D eigenvalue weighted by molar-refractivity contribution is 5.77. The molecular weight excluding hydrogens is 398 g/mol. The molecular formula is C23H27N3O5. The number of carbonyl (C=O) groups is 1. The van der Waals surface area contributed by atoms with Crippen LogP contribution < -0.4 is 14.8 Å². The number of ether oxygens (including phenoxy) is 2. The average molecular weight is 425 g/mol. The standard InChI is InChI=1S/C23H27N3O5/c1-3-29-20-12-16(5-4-15(20)2)14-26-10-8-17(9-11-26)24-22-25-19-7-6-18(30-23(27)28)13-21(19)31-22/h4-7,12-13,17H,3,8-11,14H2,1-2H3,(H,24,25)(H,27,28). The summed E-state index contributed by atoms with van der Waals surface area (Å²) in [5, 5.41) is 12.1. The number of carboxylic acid groups (broad SMARTS) is 1. The predicted octanol–water partition coefficient (Wildman–Crippen LogP) is 4.67. The summed E-state index contributed by atoms with van der Waals surface area (Å²) < 4.78 is 16.1. The van der Waals surface area contributed by atoms with Crippen molar-refractivity contribution < 1.29 is 23.8 Å². The second-order valence-electron chi connectivity index (χ2n) is 7.74. The molecule has 0 atom stereocenters. The summed E-state index contributed by atoms with van der Waals surface area (Å²) in [5.41, 5.74) is 3.57. The monoisotopic (exact) mass is 425 g/mol. The van der Waals surface area contributed by atoms with Crippen LogP contribution in [0.1, 0.15) is 30.9 Å². The number of benzene rings is 2. The number of nitrogens with zero attached hydrogens (tertiary/aromatic N) is 2. The van der Waals surface area contributed by atoms with E-state index in [4.69, 9.17) is 14.3 Å². The minimum Gasteiger partial charge on any atom is -0.494 e. The molecule has 0 radical (unpaired) electrons. The van der Waals surface area contributed by atoms with Gasteiger partial charge in [0.05, 0.1) is 6.61 Å². The fourth-order valence-corrected chi connectivity index (χ4v) is 3.85. The van der Waals surface area contributed by atoms with Gasteiger partial charge in [0.1, 0.15) is 17.0 Å². The first-order valence-electron chi connectivity index (χ1n) is 10.5. The second kappa shape index (κ2) is 9.26. The minimum absolute atomic E-state index is 0.208. The number of rotatable bonds is 7. The Morgan fingerprint density at radius 3 is 2.81 bits per heavy atom. The normalized spacial score (nSPS) is 15.2. The molecule has 1 saturated heterocycles. The molecule has 1 aliphatic heterocycles. The summed E-state index contributed by atoms with van der Waals surface area (Å²) in [6.45, 7) is 7.60. The van der Waals surface area contributed by atoms with Crippen LogP contribution in [0.2, 0.25) is 0 Å². The number of piperidine rings is 1. The van der Waals surface area contributed by atoms with Crippen LogP contribution in [0.4, 0.5) is 10.8 Å². The Morgan fingerprint density at radius 1 is 1.26 bits per heavy atom. The summed E-state index contributed by atoms with van der Waals surface area (Å²) in [6.07, 6.45) is 0.607. The third kappa shape index (κ3) is 5.27. The van der Waals surface area contributed by atoms with Crippen molar-refractivity contribution in [1.82, 2.24) is 9.88 Å². The number of hydrogen-bond donors (Lipinski definition) is 2. The predicted molar refractivity (Wildman–Crippen MR) is 117 cm³/mol. The molecule has 1 aromatic heterocycles. The van der Waals surface area contributed by atoms with Crippen molar-refractivity contribution in [3.8, 4) is 11.5 Å². The summed E-state index contributed by atoms with van der Waals surface area (Å²) in [7, 11) is 0. The molecule has 1 fully saturated rings. The van der Waals surface area contributed by atoms with Crippen molar-refractivity contribution in [1.29, 1.82) is 0 Å². The van der Waals surface area contributed by atoms with Gasteiger partial charge >= 0.3 is 6.16 Å². The highest BCUT2D eigenvalue weighted by Gasteiger charge is 2.21. The first-order chi connectivity index (χ1) is 15.0. The molecule has 2 heterocycles. The summed E-state index contributed by atoms with van der Waals surface area (Å²) in [4.78, 5) is 17.6. The van der Waals surface area contributed by atoms with E-state index in [1.807, 2.05) is 6.92 Å². The zero-order chi connectivity index (χ0) is 21.8. The Kier molecular flexibility index (Phi) is 6.27. The molecule has 31 heavy (non-hydrogen) atoms. The molecule has 0 aliphatic carbocycles. The molecule has 2 aromatic carbocycles. The van der Waals surface area contributed by atoms with Gasteiger partial charge in [-0.15, -0.1) is 0 Å². The largest absolute Gasteiger partial charge is 0.511 e. The SMILES string of the molecule is CCOc1cc(CN2CCC(Nc3nc4ccc(OC(=O)O)cc4o3)CC2)ccc1C. The first-order valence-corrected chi connectivity index (χ1v) is 10.5. The van der Waals surface area contributed by atoms with Crippen molar-refractivity contribution in [2.24, 2.45) is 0 Å². The van der Waals surface area contributed by atoms with Crippen LogP contribution in [0.25, 0.3) is 11.1 Å². The smallest absolute Gasteiger partial charge is 0.494 e. The fourth-order valence-electron chi connectivity index (χ4n) is 3.85. The zero-order valence-electron chi connectivity index (χ0n) is 17.8. The van der Waals surface area contributed by atoms with E-state index in [2.05, 4.69) is 45.1 Å². The van der Waals surface area contributed by atoms with Crippen LogP contribution in [-0.4, -0.2) is 46.9 Å². The molecule has 0 saturated carbocycles. The fraction of sp³-hybridized carbons (Fsp3) is 0.391. The molecule has 8 heteroatoms. The molecule has 0 unspecified atom stereocenters. The minimum atomic E-state index is -1.36. The van der Waals surface area contributed by atoms with Crippen molar-refractivity contribution in [2.45, 2.75) is 39.3 Å². The van der Waals surface area contributed by atoms with Gasteiger partial charge in [0.25, 0.3) is 6.01 Å². The van der Waals surface area contributed by atoms with Crippen molar-refractivity contribution in [3.63, 3.8) is 0 Å². The maximum atomic E-state index is 10.7. The van der Waals surface area contributed by atoms with Crippen LogP contribution in [0.3, 0.4) is 0 Å². The van der Waals surface area contributed by atoms with Crippen LogP contribution >= 0.6 is 0 Å². The van der Waals surface area contributed by atoms with Crippen molar-refractivity contribution >= 4 is 23.3 Å². The Balaban J connectivity index is 1.32. The summed E-state index contributed by atoms with van der Waals surface area (Å²) >= 11 is 0. The number of nitrogens with one attached hydrogen (secondary N) is 1. The maximum absolute atomic E-state index is 10.7. The van der Waals surface area contributed by atoms with Gasteiger partial charge in [-0.1, -0.05) is 12.1 Å². The quantitative estimate of drug-likeness (QED) is 0.416. The van der Waals surface area contributed by atoms with Gasteiger partial charge in [-0.25, -0.2) is 4.79 Å². The summed E-state index contributed by atoms with van der Waals surface area (Å²) in [5.74, 6) is 1.17. The number of aromatic nitrogens is 1. The molecule has 0 amide bonds. The third-order valence-electron chi connectivity index (χ3n) is 5.44. The van der Waals surface area contributed by atoms with Gasteiger partial charge in [0, 0.05) is 31.7 Å². The Bertz CT molecular complexity index is 1060.